The SMILES string of the molecule is CNC(=O)c1cc(C)c(-n2c(=O)n(CC3CCC(NC(=O)c4cc(Cl)cnc4C)CC3)c3cccc(C)c32)cn1. The van der Waals surface area contributed by atoms with Crippen molar-refractivity contribution in [2.24, 2.45) is 5.92 Å². The third-order valence-electron chi connectivity index (χ3n) is 7.86. The van der Waals surface area contributed by atoms with Gasteiger partial charge in [0.05, 0.1) is 39.2 Å². The number of pyridine rings is 2. The van der Waals surface area contributed by atoms with E-state index in [1.54, 1.807) is 36.9 Å². The number of fused-ring (bicyclic) bond motifs is 1. The van der Waals surface area contributed by atoms with E-state index in [4.69, 9.17) is 11.6 Å². The summed E-state index contributed by atoms with van der Waals surface area (Å²) in [6.07, 6.45) is 6.59. The molecular weight excluding hydrogens is 528 g/mol. The summed E-state index contributed by atoms with van der Waals surface area (Å²) in [6.45, 7) is 6.27. The molecule has 1 aromatic carbocycles. The van der Waals surface area contributed by atoms with E-state index in [1.807, 2.05) is 36.6 Å². The summed E-state index contributed by atoms with van der Waals surface area (Å²) in [5.74, 6) is -0.126. The highest BCUT2D eigenvalue weighted by atomic mass is 35.5. The average Bonchev–Trinajstić information content (AvgIpc) is 3.22. The van der Waals surface area contributed by atoms with Gasteiger partial charge in [-0.15, -0.1) is 0 Å². The van der Waals surface area contributed by atoms with Crippen LogP contribution in [0.15, 0.2) is 47.5 Å². The van der Waals surface area contributed by atoms with Crippen LogP contribution < -0.4 is 16.3 Å². The Morgan fingerprint density at radius 1 is 1.00 bits per heavy atom. The number of carbonyl (C=O) groups is 2. The Morgan fingerprint density at radius 2 is 1.75 bits per heavy atom. The van der Waals surface area contributed by atoms with Crippen molar-refractivity contribution in [2.45, 2.75) is 59.0 Å². The fourth-order valence-corrected chi connectivity index (χ4v) is 5.81. The predicted octanol–water partition coefficient (Wildman–Crippen LogP) is 4.51. The van der Waals surface area contributed by atoms with Gasteiger partial charge >= 0.3 is 5.69 Å². The van der Waals surface area contributed by atoms with Crippen molar-refractivity contribution >= 4 is 34.4 Å². The maximum atomic E-state index is 13.9. The lowest BCUT2D eigenvalue weighted by Gasteiger charge is -2.29. The topological polar surface area (TPSA) is 111 Å². The number of hydrogen-bond donors (Lipinski definition) is 2. The quantitative estimate of drug-likeness (QED) is 0.360. The second-order valence-electron chi connectivity index (χ2n) is 10.6. The highest BCUT2D eigenvalue weighted by molar-refractivity contribution is 6.30. The molecule has 0 atom stereocenters. The minimum Gasteiger partial charge on any atom is -0.354 e. The molecule has 40 heavy (non-hydrogen) atoms. The number of rotatable bonds is 6. The van der Waals surface area contributed by atoms with Crippen LogP contribution in [-0.2, 0) is 6.54 Å². The molecule has 0 bridgehead atoms. The fraction of sp³-hybridized carbons (Fsp3) is 0.367. The number of aryl methyl sites for hydroxylation is 3. The van der Waals surface area contributed by atoms with Gasteiger partial charge in [0.25, 0.3) is 11.8 Å². The molecule has 1 fully saturated rings. The number of imidazole rings is 1. The fourth-order valence-electron chi connectivity index (χ4n) is 5.65. The summed E-state index contributed by atoms with van der Waals surface area (Å²) in [5.41, 5.74) is 5.49. The predicted molar refractivity (Wildman–Crippen MR) is 155 cm³/mol. The molecule has 1 aliphatic rings. The van der Waals surface area contributed by atoms with E-state index >= 15 is 0 Å². The monoisotopic (exact) mass is 560 g/mol. The van der Waals surface area contributed by atoms with E-state index in [0.29, 0.717) is 40.1 Å². The number of aromatic nitrogens is 4. The third kappa shape index (κ3) is 5.25. The Labute approximate surface area is 237 Å². The lowest BCUT2D eigenvalue weighted by Crippen LogP contribution is -2.39. The normalized spacial score (nSPS) is 17.1. The summed E-state index contributed by atoms with van der Waals surface area (Å²) >= 11 is 6.05. The number of carbonyl (C=O) groups excluding carboxylic acids is 2. The summed E-state index contributed by atoms with van der Waals surface area (Å²) in [7, 11) is 1.56. The van der Waals surface area contributed by atoms with E-state index < -0.39 is 0 Å². The van der Waals surface area contributed by atoms with Gasteiger partial charge in [-0.05, 0) is 81.7 Å². The number of nitrogens with one attached hydrogen (secondary N) is 2. The summed E-state index contributed by atoms with van der Waals surface area (Å²) in [4.78, 5) is 47.3. The number of amides is 2. The number of hydrogen-bond acceptors (Lipinski definition) is 5. The lowest BCUT2D eigenvalue weighted by molar-refractivity contribution is 0.0917. The first-order valence-corrected chi connectivity index (χ1v) is 13.9. The second-order valence-corrected chi connectivity index (χ2v) is 11.0. The zero-order valence-corrected chi connectivity index (χ0v) is 23.9. The van der Waals surface area contributed by atoms with Gasteiger partial charge in [-0.3, -0.25) is 23.7 Å². The van der Waals surface area contributed by atoms with E-state index in [2.05, 4.69) is 20.6 Å². The number of para-hydroxylation sites is 1. The molecule has 9 nitrogen and oxygen atoms in total. The van der Waals surface area contributed by atoms with Crippen LogP contribution in [0.25, 0.3) is 16.7 Å². The molecule has 2 amide bonds. The van der Waals surface area contributed by atoms with Crippen LogP contribution in [0.1, 0.15) is 63.4 Å². The molecule has 4 aromatic rings. The summed E-state index contributed by atoms with van der Waals surface area (Å²) in [6, 6.07) is 9.37. The van der Waals surface area contributed by atoms with E-state index in [1.165, 1.54) is 6.20 Å². The smallest absolute Gasteiger partial charge is 0.333 e. The van der Waals surface area contributed by atoms with Gasteiger partial charge in [0.1, 0.15) is 5.69 Å². The van der Waals surface area contributed by atoms with Gasteiger partial charge in [-0.25, -0.2) is 9.78 Å². The van der Waals surface area contributed by atoms with Gasteiger partial charge in [0.2, 0.25) is 0 Å². The van der Waals surface area contributed by atoms with Crippen molar-refractivity contribution in [1.82, 2.24) is 29.7 Å². The zero-order chi connectivity index (χ0) is 28.6. The lowest BCUT2D eigenvalue weighted by atomic mass is 9.85. The highest BCUT2D eigenvalue weighted by Crippen LogP contribution is 2.29. The minimum absolute atomic E-state index is 0.0648. The van der Waals surface area contributed by atoms with Crippen LogP contribution in [-0.4, -0.2) is 44.0 Å². The van der Waals surface area contributed by atoms with Crippen molar-refractivity contribution in [3.05, 3.63) is 86.3 Å². The average molecular weight is 561 g/mol. The van der Waals surface area contributed by atoms with Crippen LogP contribution >= 0.6 is 11.6 Å². The molecule has 3 heterocycles. The van der Waals surface area contributed by atoms with Crippen LogP contribution in [0.3, 0.4) is 0 Å². The van der Waals surface area contributed by atoms with E-state index in [-0.39, 0.29) is 23.5 Å². The molecule has 1 aliphatic carbocycles. The highest BCUT2D eigenvalue weighted by Gasteiger charge is 2.26. The van der Waals surface area contributed by atoms with Crippen LogP contribution in [0, 0.1) is 26.7 Å². The largest absolute Gasteiger partial charge is 0.354 e. The number of benzene rings is 1. The van der Waals surface area contributed by atoms with Crippen LogP contribution in [0.4, 0.5) is 0 Å². The maximum Gasteiger partial charge on any atom is 0.333 e. The number of halogens is 1. The molecular formula is C30H33ClN6O3. The Bertz CT molecular complexity index is 1670. The number of nitrogens with zero attached hydrogens (tertiary/aromatic N) is 4. The second kappa shape index (κ2) is 11.3. The summed E-state index contributed by atoms with van der Waals surface area (Å²) < 4.78 is 3.58. The summed E-state index contributed by atoms with van der Waals surface area (Å²) in [5, 5.41) is 6.17. The van der Waals surface area contributed by atoms with Crippen LogP contribution in [0.2, 0.25) is 5.02 Å². The van der Waals surface area contributed by atoms with Crippen LogP contribution in [0.5, 0.6) is 0 Å². The molecule has 1 saturated carbocycles. The van der Waals surface area contributed by atoms with Crippen molar-refractivity contribution in [3.63, 3.8) is 0 Å². The first-order valence-electron chi connectivity index (χ1n) is 13.5. The van der Waals surface area contributed by atoms with Gasteiger partial charge in [-0.1, -0.05) is 23.7 Å². The van der Waals surface area contributed by atoms with Crippen molar-refractivity contribution in [1.29, 1.82) is 0 Å². The molecule has 0 radical (unpaired) electrons. The van der Waals surface area contributed by atoms with Gasteiger partial charge < -0.3 is 10.6 Å². The van der Waals surface area contributed by atoms with Gasteiger partial charge in [0.15, 0.2) is 0 Å². The molecule has 0 aliphatic heterocycles. The molecule has 10 heteroatoms. The van der Waals surface area contributed by atoms with Crippen molar-refractivity contribution < 1.29 is 9.59 Å². The standard InChI is InChI=1S/C30H33ClN6O3/c1-17-6-5-7-25-27(17)37(26-15-34-24(12-18(26)2)29(39)32-4)30(40)36(25)16-20-8-10-22(11-9-20)35-28(38)23-13-21(31)14-33-19(23)3/h5-7,12-15,20,22H,8-11,16H2,1-4H3,(H,32,39)(H,35,38). The molecule has 3 aromatic heterocycles. The first-order chi connectivity index (χ1) is 19.2. The van der Waals surface area contributed by atoms with Crippen molar-refractivity contribution in [3.8, 4) is 5.69 Å². The Morgan fingerprint density at radius 3 is 2.45 bits per heavy atom. The zero-order valence-electron chi connectivity index (χ0n) is 23.1. The maximum absolute atomic E-state index is 13.9. The van der Waals surface area contributed by atoms with Gasteiger partial charge in [-0.2, -0.15) is 0 Å². The van der Waals surface area contributed by atoms with E-state index in [0.717, 1.165) is 47.8 Å². The third-order valence-corrected chi connectivity index (χ3v) is 8.06. The van der Waals surface area contributed by atoms with Gasteiger partial charge in [0, 0.05) is 25.8 Å². The van der Waals surface area contributed by atoms with E-state index in [9.17, 15) is 14.4 Å². The molecule has 2 N–H and O–H groups in total. The molecule has 0 spiro atoms. The Hall–Kier alpha value is -3.98. The molecule has 5 rings (SSSR count). The molecule has 0 unspecified atom stereocenters. The molecule has 208 valence electrons. The Balaban J connectivity index is 1.37. The molecule has 0 saturated heterocycles. The Kier molecular flexibility index (Phi) is 7.76. The minimum atomic E-state index is -0.272. The first kappa shape index (κ1) is 27.6. The van der Waals surface area contributed by atoms with Crippen molar-refractivity contribution in [2.75, 3.05) is 7.05 Å².